The van der Waals surface area contributed by atoms with Gasteiger partial charge >= 0.3 is 0 Å². The number of aromatic nitrogens is 3. The second-order valence-corrected chi connectivity index (χ2v) is 6.87. The maximum atomic E-state index is 13.6. The van der Waals surface area contributed by atoms with E-state index in [9.17, 15) is 18.0 Å². The highest BCUT2D eigenvalue weighted by molar-refractivity contribution is 7.99. The summed E-state index contributed by atoms with van der Waals surface area (Å²) in [4.78, 5) is 12.0. The number of nitrogens with one attached hydrogen (secondary N) is 2. The minimum Gasteiger partial charge on any atom is -0.334 e. The van der Waals surface area contributed by atoms with Crippen LogP contribution >= 0.6 is 11.8 Å². The number of anilines is 2. The summed E-state index contributed by atoms with van der Waals surface area (Å²) >= 11 is 0.916. The summed E-state index contributed by atoms with van der Waals surface area (Å²) in [7, 11) is 0. The second kappa shape index (κ2) is 9.31. The molecule has 1 heterocycles. The molecule has 2 aromatic carbocycles. The zero-order valence-electron chi connectivity index (χ0n) is 15.6. The number of amides is 1. The first-order valence-corrected chi connectivity index (χ1v) is 9.47. The number of para-hydroxylation sites is 1. The molecule has 0 atom stereocenters. The molecule has 0 unspecified atom stereocenters. The molecule has 3 aromatic rings. The first-order chi connectivity index (χ1) is 14.3. The number of rotatable bonds is 7. The summed E-state index contributed by atoms with van der Waals surface area (Å²) in [6, 6.07) is 9.03. The number of carbonyl (C=O) groups excluding carboxylic acids is 1. The van der Waals surface area contributed by atoms with E-state index in [1.165, 1.54) is 18.2 Å². The number of hydrogen-bond acceptors (Lipinski definition) is 7. The van der Waals surface area contributed by atoms with E-state index in [4.69, 9.17) is 5.84 Å². The highest BCUT2D eigenvalue weighted by Crippen LogP contribution is 2.20. The molecular formula is C18H16F3N7OS. The molecule has 0 fully saturated rings. The van der Waals surface area contributed by atoms with Gasteiger partial charge in [0, 0.05) is 0 Å². The normalized spacial score (nSPS) is 11.4. The van der Waals surface area contributed by atoms with Crippen LogP contribution in [0.15, 0.2) is 52.7 Å². The molecule has 156 valence electrons. The third-order valence-electron chi connectivity index (χ3n) is 3.81. The van der Waals surface area contributed by atoms with Crippen molar-refractivity contribution in [2.75, 3.05) is 22.3 Å². The molecule has 0 saturated carbocycles. The van der Waals surface area contributed by atoms with Crippen molar-refractivity contribution in [1.82, 2.24) is 14.9 Å². The van der Waals surface area contributed by atoms with Crippen LogP contribution in [0.1, 0.15) is 12.5 Å². The van der Waals surface area contributed by atoms with Crippen LogP contribution in [-0.4, -0.2) is 32.2 Å². The lowest BCUT2D eigenvalue weighted by molar-refractivity contribution is -0.113. The number of nitrogens with zero attached hydrogens (tertiary/aromatic N) is 4. The molecule has 0 spiro atoms. The number of hydrogen-bond donors (Lipinski definition) is 3. The predicted molar refractivity (Wildman–Crippen MR) is 108 cm³/mol. The van der Waals surface area contributed by atoms with Crippen molar-refractivity contribution in [3.63, 3.8) is 0 Å². The number of halogens is 3. The standard InChI is InChI=1S/C18H16F3N7OS/c1-10(11-5-7-12(19)8-6-11)24-25-17-26-27-18(28(17)22)30-9-15(29)23-16-13(20)3-2-4-14(16)21/h2-8H,9,22H2,1H3,(H,23,29)(H,25,26)/b24-10+. The lowest BCUT2D eigenvalue weighted by Crippen LogP contribution is -2.18. The molecule has 4 N–H and O–H groups in total. The summed E-state index contributed by atoms with van der Waals surface area (Å²) in [5.74, 6) is 3.00. The zero-order valence-corrected chi connectivity index (χ0v) is 16.4. The summed E-state index contributed by atoms with van der Waals surface area (Å²) in [5.41, 5.74) is 3.36. The maximum Gasteiger partial charge on any atom is 0.264 e. The van der Waals surface area contributed by atoms with Crippen LogP contribution in [0.4, 0.5) is 24.8 Å². The number of hydrazone groups is 1. The van der Waals surface area contributed by atoms with E-state index < -0.39 is 23.2 Å². The molecule has 0 aliphatic heterocycles. The molecule has 0 aliphatic rings. The molecule has 0 bridgehead atoms. The van der Waals surface area contributed by atoms with Gasteiger partial charge in [0.25, 0.3) is 5.95 Å². The van der Waals surface area contributed by atoms with Gasteiger partial charge in [0.15, 0.2) is 0 Å². The fourth-order valence-electron chi connectivity index (χ4n) is 2.26. The topological polar surface area (TPSA) is 110 Å². The molecule has 1 aromatic heterocycles. The fourth-order valence-corrected chi connectivity index (χ4v) is 2.92. The zero-order chi connectivity index (χ0) is 21.7. The van der Waals surface area contributed by atoms with E-state index in [0.717, 1.165) is 28.6 Å². The quantitative estimate of drug-likeness (QED) is 0.228. The molecule has 0 radical (unpaired) electrons. The number of nitrogens with two attached hydrogens (primary N) is 1. The van der Waals surface area contributed by atoms with Gasteiger partial charge in [0.2, 0.25) is 11.1 Å². The average molecular weight is 435 g/mol. The van der Waals surface area contributed by atoms with Gasteiger partial charge in [0.05, 0.1) is 11.5 Å². The Labute approximate surface area is 173 Å². The van der Waals surface area contributed by atoms with Gasteiger partial charge in [0.1, 0.15) is 23.1 Å². The van der Waals surface area contributed by atoms with Crippen molar-refractivity contribution in [1.29, 1.82) is 0 Å². The first-order valence-electron chi connectivity index (χ1n) is 8.48. The second-order valence-electron chi connectivity index (χ2n) is 5.93. The summed E-state index contributed by atoms with van der Waals surface area (Å²) < 4.78 is 41.2. The van der Waals surface area contributed by atoms with Crippen molar-refractivity contribution in [2.24, 2.45) is 5.10 Å². The lowest BCUT2D eigenvalue weighted by Gasteiger charge is -2.07. The van der Waals surface area contributed by atoms with Gasteiger partial charge < -0.3 is 11.2 Å². The van der Waals surface area contributed by atoms with E-state index >= 15 is 0 Å². The Morgan fingerprint density at radius 1 is 1.13 bits per heavy atom. The van der Waals surface area contributed by atoms with E-state index in [1.807, 2.05) is 0 Å². The minimum absolute atomic E-state index is 0.0968. The van der Waals surface area contributed by atoms with Crippen molar-refractivity contribution in [3.05, 3.63) is 65.5 Å². The first kappa shape index (κ1) is 21.2. The SMILES string of the molecule is C/C(=N\Nc1nnc(SCC(=O)Nc2c(F)cccc2F)n1N)c1ccc(F)cc1. The van der Waals surface area contributed by atoms with Gasteiger partial charge in [-0.05, 0) is 36.8 Å². The van der Waals surface area contributed by atoms with Gasteiger partial charge in [-0.15, -0.1) is 10.2 Å². The Morgan fingerprint density at radius 2 is 1.80 bits per heavy atom. The van der Waals surface area contributed by atoms with Gasteiger partial charge in [-0.1, -0.05) is 30.0 Å². The average Bonchev–Trinajstić information content (AvgIpc) is 3.07. The highest BCUT2D eigenvalue weighted by Gasteiger charge is 2.15. The highest BCUT2D eigenvalue weighted by atomic mass is 32.2. The lowest BCUT2D eigenvalue weighted by atomic mass is 10.1. The van der Waals surface area contributed by atoms with Crippen LogP contribution in [0.3, 0.4) is 0 Å². The van der Waals surface area contributed by atoms with Gasteiger partial charge in [-0.3, -0.25) is 4.79 Å². The Kier molecular flexibility index (Phi) is 6.57. The summed E-state index contributed by atoms with van der Waals surface area (Å²) in [6.07, 6.45) is 0. The Bertz CT molecular complexity index is 1070. The van der Waals surface area contributed by atoms with Crippen LogP contribution in [0.2, 0.25) is 0 Å². The smallest absolute Gasteiger partial charge is 0.264 e. The monoisotopic (exact) mass is 435 g/mol. The molecule has 1 amide bonds. The molecule has 8 nitrogen and oxygen atoms in total. The number of carbonyl (C=O) groups is 1. The van der Waals surface area contributed by atoms with Crippen LogP contribution in [0.25, 0.3) is 0 Å². The largest absolute Gasteiger partial charge is 0.334 e. The third kappa shape index (κ3) is 5.08. The number of benzene rings is 2. The number of thioether (sulfide) groups is 1. The van der Waals surface area contributed by atoms with Gasteiger partial charge in [-0.25, -0.2) is 23.3 Å². The van der Waals surface area contributed by atoms with E-state index in [-0.39, 0.29) is 22.7 Å². The van der Waals surface area contributed by atoms with E-state index in [1.54, 1.807) is 19.1 Å². The molecule has 0 saturated heterocycles. The van der Waals surface area contributed by atoms with Crippen LogP contribution < -0.4 is 16.6 Å². The molecule has 0 aliphatic carbocycles. The van der Waals surface area contributed by atoms with Crippen molar-refractivity contribution >= 4 is 35.0 Å². The minimum atomic E-state index is -0.879. The van der Waals surface area contributed by atoms with Crippen LogP contribution in [0.5, 0.6) is 0 Å². The number of nitrogen functional groups attached to an aromatic ring is 1. The Morgan fingerprint density at radius 3 is 2.47 bits per heavy atom. The van der Waals surface area contributed by atoms with Crippen LogP contribution in [0, 0.1) is 17.5 Å². The molecule has 3 rings (SSSR count). The third-order valence-corrected chi connectivity index (χ3v) is 4.75. The fraction of sp³-hybridized carbons (Fsp3) is 0.111. The van der Waals surface area contributed by atoms with Gasteiger partial charge in [-0.2, -0.15) is 5.10 Å². The van der Waals surface area contributed by atoms with Crippen LogP contribution in [-0.2, 0) is 4.79 Å². The van der Waals surface area contributed by atoms with Crippen molar-refractivity contribution in [3.8, 4) is 0 Å². The Hall–Kier alpha value is -3.54. The molecule has 30 heavy (non-hydrogen) atoms. The predicted octanol–water partition coefficient (Wildman–Crippen LogP) is 2.98. The molecule has 12 heteroatoms. The van der Waals surface area contributed by atoms with Crippen molar-refractivity contribution in [2.45, 2.75) is 12.1 Å². The van der Waals surface area contributed by atoms with E-state index in [2.05, 4.69) is 26.0 Å². The summed E-state index contributed by atoms with van der Waals surface area (Å²) in [5, 5.41) is 14.1. The summed E-state index contributed by atoms with van der Waals surface area (Å²) in [6.45, 7) is 1.71. The van der Waals surface area contributed by atoms with Crippen molar-refractivity contribution < 1.29 is 18.0 Å². The maximum absolute atomic E-state index is 13.6. The Balaban J connectivity index is 1.59. The van der Waals surface area contributed by atoms with E-state index in [0.29, 0.717) is 11.3 Å². The molecular weight excluding hydrogens is 419 g/mol.